The van der Waals surface area contributed by atoms with Gasteiger partial charge in [-0.2, -0.15) is 0 Å². The first-order chi connectivity index (χ1) is 14.0. The number of benzene rings is 2. The Morgan fingerprint density at radius 1 is 0.967 bits per heavy atom. The third-order valence-corrected chi connectivity index (χ3v) is 5.39. The lowest BCUT2D eigenvalue weighted by Crippen LogP contribution is -2.29. The number of halogens is 1. The van der Waals surface area contributed by atoms with Gasteiger partial charge in [0, 0.05) is 18.3 Å². The Kier molecular flexibility index (Phi) is 8.45. The molecule has 6 nitrogen and oxygen atoms in total. The number of nitrogens with zero attached hydrogens (tertiary/aromatic N) is 1. The molecule has 3 N–H and O–H groups in total. The molecule has 0 bridgehead atoms. The zero-order valence-electron chi connectivity index (χ0n) is 16.9. The summed E-state index contributed by atoms with van der Waals surface area (Å²) in [5, 5.41) is 22.1. The molecule has 0 atom stereocenters. The summed E-state index contributed by atoms with van der Waals surface area (Å²) < 4.78 is 2.41. The van der Waals surface area contributed by atoms with Crippen molar-refractivity contribution in [3.05, 3.63) is 71.4 Å². The van der Waals surface area contributed by atoms with E-state index in [1.165, 1.54) is 68.5 Å². The van der Waals surface area contributed by atoms with Gasteiger partial charge in [-0.1, -0.05) is 24.3 Å². The summed E-state index contributed by atoms with van der Waals surface area (Å²) in [4.78, 5) is 21.2. The van der Waals surface area contributed by atoms with Gasteiger partial charge in [0.25, 0.3) is 0 Å². The van der Waals surface area contributed by atoms with Crippen LogP contribution in [-0.2, 0) is 6.54 Å². The number of carbonyl (C=O) groups is 2. The molecular formula is C23H27ClN2O4. The zero-order chi connectivity index (χ0) is 20.8. The smallest absolute Gasteiger partial charge is 0.335 e. The van der Waals surface area contributed by atoms with Crippen molar-refractivity contribution in [2.75, 3.05) is 13.1 Å². The predicted octanol–water partition coefficient (Wildman–Crippen LogP) is 4.45. The molecule has 0 spiro atoms. The van der Waals surface area contributed by atoms with Gasteiger partial charge in [0.2, 0.25) is 0 Å². The molecule has 1 aliphatic heterocycles. The number of carboxylic acids is 2. The van der Waals surface area contributed by atoms with Gasteiger partial charge in [0.1, 0.15) is 0 Å². The lowest BCUT2D eigenvalue weighted by atomic mass is 9.98. The van der Waals surface area contributed by atoms with Crippen LogP contribution in [-0.4, -0.2) is 39.8 Å². The molecule has 0 amide bonds. The minimum absolute atomic E-state index is 0. The number of fused-ring (bicyclic) bond motifs is 1. The highest BCUT2D eigenvalue weighted by molar-refractivity contribution is 5.96. The van der Waals surface area contributed by atoms with E-state index in [1.54, 1.807) is 0 Å². The van der Waals surface area contributed by atoms with Crippen LogP contribution < -0.4 is 5.32 Å². The standard InChI is InChI=1S/C14H18N2.C9H8O4.ClH/c1-2-4-14-13(3-1)7-10-16(14)11-12-5-8-15-9-6-12;1-5-6(8(10)11)3-2-4-7(5)9(12)13;/h1-4,7,10,12,15H,5-6,8-9,11H2;2-4H,1H3,(H,10,11)(H,12,13);1H. The summed E-state index contributed by atoms with van der Waals surface area (Å²) in [5.74, 6) is -1.38. The number of aromatic carboxylic acids is 2. The first kappa shape index (κ1) is 23.4. The van der Waals surface area contributed by atoms with Crippen molar-refractivity contribution in [1.29, 1.82) is 0 Å². The number of carboxylic acid groups (broad SMARTS) is 2. The predicted molar refractivity (Wildman–Crippen MR) is 120 cm³/mol. The number of nitrogens with one attached hydrogen (secondary N) is 1. The Morgan fingerprint density at radius 3 is 2.17 bits per heavy atom. The third-order valence-electron chi connectivity index (χ3n) is 5.39. The lowest BCUT2D eigenvalue weighted by molar-refractivity contribution is 0.0696. The normalized spacial score (nSPS) is 13.8. The molecule has 0 aliphatic carbocycles. The lowest BCUT2D eigenvalue weighted by Gasteiger charge is -2.23. The Bertz CT molecular complexity index is 977. The van der Waals surface area contributed by atoms with Gasteiger partial charge in [-0.05, 0) is 74.0 Å². The van der Waals surface area contributed by atoms with Gasteiger partial charge in [-0.25, -0.2) is 9.59 Å². The molecule has 7 heteroatoms. The molecule has 4 rings (SSSR count). The van der Waals surface area contributed by atoms with E-state index in [2.05, 4.69) is 46.4 Å². The van der Waals surface area contributed by atoms with Crippen molar-refractivity contribution in [3.8, 4) is 0 Å². The number of rotatable bonds is 4. The Labute approximate surface area is 181 Å². The Hall–Kier alpha value is -2.83. The van der Waals surface area contributed by atoms with Crippen molar-refractivity contribution in [1.82, 2.24) is 9.88 Å². The molecule has 1 aromatic heterocycles. The second-order valence-electron chi connectivity index (χ2n) is 7.31. The van der Waals surface area contributed by atoms with Crippen molar-refractivity contribution in [3.63, 3.8) is 0 Å². The van der Waals surface area contributed by atoms with Crippen molar-refractivity contribution in [2.45, 2.75) is 26.3 Å². The maximum absolute atomic E-state index is 10.6. The summed E-state index contributed by atoms with van der Waals surface area (Å²) >= 11 is 0. The molecule has 1 aliphatic rings. The molecule has 1 fully saturated rings. The SMILES string of the molecule is Cc1c(C(=O)O)cccc1C(=O)O.Cl.c1ccc2c(c1)ccn2CC1CCNCC1. The van der Waals surface area contributed by atoms with Crippen molar-refractivity contribution < 1.29 is 19.8 Å². The molecule has 2 aromatic carbocycles. The molecule has 3 aromatic rings. The fourth-order valence-corrected chi connectivity index (χ4v) is 3.74. The molecule has 2 heterocycles. The summed E-state index contributed by atoms with van der Waals surface area (Å²) in [6.45, 7) is 5.02. The topological polar surface area (TPSA) is 91.6 Å². The van der Waals surface area contributed by atoms with E-state index < -0.39 is 11.9 Å². The minimum Gasteiger partial charge on any atom is -0.478 e. The van der Waals surface area contributed by atoms with E-state index >= 15 is 0 Å². The van der Waals surface area contributed by atoms with Gasteiger partial charge in [-0.3, -0.25) is 0 Å². The third kappa shape index (κ3) is 5.62. The van der Waals surface area contributed by atoms with E-state index in [0.717, 1.165) is 5.92 Å². The highest BCUT2D eigenvalue weighted by atomic mass is 35.5. The fourth-order valence-electron chi connectivity index (χ4n) is 3.74. The number of hydrogen-bond donors (Lipinski definition) is 3. The zero-order valence-corrected chi connectivity index (χ0v) is 17.7. The first-order valence-corrected chi connectivity index (χ1v) is 9.78. The maximum atomic E-state index is 10.6. The van der Waals surface area contributed by atoms with Gasteiger partial charge in [0.15, 0.2) is 0 Å². The van der Waals surface area contributed by atoms with Crippen LogP contribution >= 0.6 is 12.4 Å². The number of para-hydroxylation sites is 1. The minimum atomic E-state index is -1.11. The molecule has 30 heavy (non-hydrogen) atoms. The summed E-state index contributed by atoms with van der Waals surface area (Å²) in [6.07, 6.45) is 4.85. The summed E-state index contributed by atoms with van der Waals surface area (Å²) in [7, 11) is 0. The van der Waals surface area contributed by atoms with Crippen molar-refractivity contribution in [2.24, 2.45) is 5.92 Å². The van der Waals surface area contributed by atoms with Crippen LogP contribution in [0.1, 0.15) is 39.1 Å². The average molecular weight is 431 g/mol. The van der Waals surface area contributed by atoms with E-state index in [1.807, 2.05) is 0 Å². The van der Waals surface area contributed by atoms with Crippen LogP contribution in [0, 0.1) is 12.8 Å². The molecule has 160 valence electrons. The van der Waals surface area contributed by atoms with Gasteiger partial charge in [-0.15, -0.1) is 12.4 Å². The van der Waals surface area contributed by atoms with Crippen LogP contribution in [0.3, 0.4) is 0 Å². The van der Waals surface area contributed by atoms with Crippen molar-refractivity contribution >= 4 is 35.2 Å². The first-order valence-electron chi connectivity index (χ1n) is 9.78. The Balaban J connectivity index is 0.000000212. The summed E-state index contributed by atoms with van der Waals surface area (Å²) in [6, 6.07) is 15.0. The van der Waals surface area contributed by atoms with Gasteiger partial charge >= 0.3 is 11.9 Å². The molecule has 0 radical (unpaired) electrons. The van der Waals surface area contributed by atoms with E-state index in [-0.39, 0.29) is 29.1 Å². The molecule has 1 saturated heterocycles. The van der Waals surface area contributed by atoms with E-state index in [4.69, 9.17) is 10.2 Å². The summed E-state index contributed by atoms with van der Waals surface area (Å²) in [5.41, 5.74) is 1.71. The number of aromatic nitrogens is 1. The maximum Gasteiger partial charge on any atom is 0.335 e. The number of hydrogen-bond acceptors (Lipinski definition) is 3. The second kappa shape index (κ2) is 10.8. The van der Waals surface area contributed by atoms with Gasteiger partial charge in [0.05, 0.1) is 11.1 Å². The highest BCUT2D eigenvalue weighted by Crippen LogP contribution is 2.20. The Morgan fingerprint density at radius 2 is 1.57 bits per heavy atom. The number of piperidine rings is 1. The molecule has 0 unspecified atom stereocenters. The quantitative estimate of drug-likeness (QED) is 0.568. The largest absolute Gasteiger partial charge is 0.478 e. The molecule has 0 saturated carbocycles. The molecular weight excluding hydrogens is 404 g/mol. The van der Waals surface area contributed by atoms with Crippen LogP contribution in [0.2, 0.25) is 0 Å². The van der Waals surface area contributed by atoms with E-state index in [0.29, 0.717) is 0 Å². The second-order valence-corrected chi connectivity index (χ2v) is 7.31. The monoisotopic (exact) mass is 430 g/mol. The fraction of sp³-hybridized carbons (Fsp3) is 0.304. The highest BCUT2D eigenvalue weighted by Gasteiger charge is 2.14. The van der Waals surface area contributed by atoms with Crippen LogP contribution in [0.4, 0.5) is 0 Å². The van der Waals surface area contributed by atoms with Crippen LogP contribution in [0.25, 0.3) is 10.9 Å². The van der Waals surface area contributed by atoms with Crippen LogP contribution in [0.5, 0.6) is 0 Å². The van der Waals surface area contributed by atoms with E-state index in [9.17, 15) is 9.59 Å². The average Bonchev–Trinajstić information content (AvgIpc) is 3.12. The van der Waals surface area contributed by atoms with Gasteiger partial charge < -0.3 is 20.1 Å². The van der Waals surface area contributed by atoms with Crippen LogP contribution in [0.15, 0.2) is 54.7 Å².